The van der Waals surface area contributed by atoms with Crippen LogP contribution < -0.4 is 5.32 Å². The zero-order valence-corrected chi connectivity index (χ0v) is 12.1. The summed E-state index contributed by atoms with van der Waals surface area (Å²) in [4.78, 5) is 8.69. The monoisotopic (exact) mass is 322 g/mol. The summed E-state index contributed by atoms with van der Waals surface area (Å²) in [6.45, 7) is 2.16. The van der Waals surface area contributed by atoms with Crippen molar-refractivity contribution < 1.29 is 4.52 Å². The Hall–Kier alpha value is -1.27. The van der Waals surface area contributed by atoms with Gasteiger partial charge in [0.05, 0.1) is 0 Å². The van der Waals surface area contributed by atoms with Crippen molar-refractivity contribution in [2.24, 2.45) is 5.92 Å². The van der Waals surface area contributed by atoms with Crippen molar-refractivity contribution in [2.75, 3.05) is 13.1 Å². The number of nitrogens with zero attached hydrogens (tertiary/aromatic N) is 3. The second kappa shape index (κ2) is 5.79. The van der Waals surface area contributed by atoms with Gasteiger partial charge < -0.3 is 9.84 Å². The van der Waals surface area contributed by atoms with Gasteiger partial charge >= 0.3 is 0 Å². The summed E-state index contributed by atoms with van der Waals surface area (Å²) in [6.07, 6.45) is 5.02. The first-order chi connectivity index (χ1) is 9.31. The molecule has 0 saturated carbocycles. The summed E-state index contributed by atoms with van der Waals surface area (Å²) >= 11 is 3.36. The zero-order valence-electron chi connectivity index (χ0n) is 10.5. The van der Waals surface area contributed by atoms with Gasteiger partial charge in [0.1, 0.15) is 5.69 Å². The van der Waals surface area contributed by atoms with Gasteiger partial charge in [0, 0.05) is 17.1 Å². The summed E-state index contributed by atoms with van der Waals surface area (Å²) in [5.74, 6) is 1.86. The first-order valence-corrected chi connectivity index (χ1v) is 7.26. The molecular formula is C13H15BrN4O. The Morgan fingerprint density at radius 3 is 3.11 bits per heavy atom. The Kier molecular flexibility index (Phi) is 3.89. The van der Waals surface area contributed by atoms with Gasteiger partial charge in [-0.05, 0) is 59.9 Å². The average molecular weight is 323 g/mol. The minimum absolute atomic E-state index is 0.561. The van der Waals surface area contributed by atoms with Crippen molar-refractivity contribution >= 4 is 15.9 Å². The van der Waals surface area contributed by atoms with Crippen LogP contribution in [0.15, 0.2) is 27.3 Å². The van der Waals surface area contributed by atoms with Crippen molar-refractivity contribution in [3.8, 4) is 11.5 Å². The Bertz CT molecular complexity index is 534. The summed E-state index contributed by atoms with van der Waals surface area (Å²) in [5, 5.41) is 7.39. The topological polar surface area (TPSA) is 63.8 Å². The standard InChI is InChI=1S/C13H15BrN4O/c14-10-3-4-11(16-8-10)13-17-12(19-18-13)6-9-2-1-5-15-7-9/h3-4,8-9,15H,1-2,5-7H2. The first kappa shape index (κ1) is 12.7. The fraction of sp³-hybridized carbons (Fsp3) is 0.462. The molecule has 0 spiro atoms. The summed E-state index contributed by atoms with van der Waals surface area (Å²) < 4.78 is 6.25. The number of hydrogen-bond acceptors (Lipinski definition) is 5. The molecule has 6 heteroatoms. The molecule has 0 amide bonds. The van der Waals surface area contributed by atoms with E-state index < -0.39 is 0 Å². The molecule has 5 nitrogen and oxygen atoms in total. The first-order valence-electron chi connectivity index (χ1n) is 6.46. The molecule has 2 aromatic heterocycles. The normalized spacial score (nSPS) is 19.5. The second-order valence-corrected chi connectivity index (χ2v) is 5.71. The van der Waals surface area contributed by atoms with Gasteiger partial charge in [-0.3, -0.25) is 4.98 Å². The highest BCUT2D eigenvalue weighted by atomic mass is 79.9. The summed E-state index contributed by atoms with van der Waals surface area (Å²) in [5.41, 5.74) is 0.736. The van der Waals surface area contributed by atoms with Crippen LogP contribution >= 0.6 is 15.9 Å². The fourth-order valence-electron chi connectivity index (χ4n) is 2.30. The third-order valence-electron chi connectivity index (χ3n) is 3.29. The van der Waals surface area contributed by atoms with Crippen molar-refractivity contribution in [3.05, 3.63) is 28.7 Å². The van der Waals surface area contributed by atoms with Crippen LogP contribution in [0.2, 0.25) is 0 Å². The number of piperidine rings is 1. The molecule has 100 valence electrons. The lowest BCUT2D eigenvalue weighted by Crippen LogP contribution is -2.30. The van der Waals surface area contributed by atoms with Crippen molar-refractivity contribution in [3.63, 3.8) is 0 Å². The summed E-state index contributed by atoms with van der Waals surface area (Å²) in [6, 6.07) is 3.80. The Balaban J connectivity index is 1.70. The van der Waals surface area contributed by atoms with E-state index in [1.807, 2.05) is 12.1 Å². The predicted molar refractivity (Wildman–Crippen MR) is 74.5 cm³/mol. The number of pyridine rings is 1. The van der Waals surface area contributed by atoms with Crippen LogP contribution in [-0.4, -0.2) is 28.2 Å². The summed E-state index contributed by atoms with van der Waals surface area (Å²) in [7, 11) is 0. The Morgan fingerprint density at radius 2 is 2.37 bits per heavy atom. The molecule has 0 bridgehead atoms. The highest BCUT2D eigenvalue weighted by molar-refractivity contribution is 9.10. The maximum atomic E-state index is 5.31. The molecule has 0 radical (unpaired) electrons. The molecule has 3 rings (SSSR count). The average Bonchev–Trinajstić information content (AvgIpc) is 2.89. The molecule has 1 aliphatic rings. The van der Waals surface area contributed by atoms with E-state index in [0.29, 0.717) is 17.6 Å². The molecule has 1 N–H and O–H groups in total. The highest BCUT2D eigenvalue weighted by Crippen LogP contribution is 2.19. The minimum atomic E-state index is 0.561. The van der Waals surface area contributed by atoms with E-state index in [1.165, 1.54) is 12.8 Å². The van der Waals surface area contributed by atoms with Gasteiger partial charge in [-0.25, -0.2) is 0 Å². The van der Waals surface area contributed by atoms with Gasteiger partial charge in [-0.2, -0.15) is 4.98 Å². The molecule has 3 heterocycles. The molecular weight excluding hydrogens is 308 g/mol. The van der Waals surface area contributed by atoms with Crippen molar-refractivity contribution in [1.29, 1.82) is 0 Å². The molecule has 1 unspecified atom stereocenters. The van der Waals surface area contributed by atoms with Gasteiger partial charge in [0.15, 0.2) is 0 Å². The van der Waals surface area contributed by atoms with Crippen molar-refractivity contribution in [1.82, 2.24) is 20.4 Å². The third kappa shape index (κ3) is 3.19. The Labute approximate surface area is 119 Å². The van der Waals surface area contributed by atoms with E-state index >= 15 is 0 Å². The van der Waals surface area contributed by atoms with Crippen LogP contribution in [0.25, 0.3) is 11.5 Å². The second-order valence-electron chi connectivity index (χ2n) is 4.79. The highest BCUT2D eigenvalue weighted by Gasteiger charge is 2.17. The SMILES string of the molecule is Brc1ccc(-c2noc(CC3CCCNC3)n2)nc1. The number of hydrogen-bond donors (Lipinski definition) is 1. The van der Waals surface area contributed by atoms with Gasteiger partial charge in [-0.1, -0.05) is 5.16 Å². The van der Waals surface area contributed by atoms with Crippen LogP contribution in [0.4, 0.5) is 0 Å². The van der Waals surface area contributed by atoms with Crippen molar-refractivity contribution in [2.45, 2.75) is 19.3 Å². The van der Waals surface area contributed by atoms with E-state index in [9.17, 15) is 0 Å². The van der Waals surface area contributed by atoms with Crippen LogP contribution in [0.3, 0.4) is 0 Å². The van der Waals surface area contributed by atoms with E-state index in [2.05, 4.69) is 36.4 Å². The third-order valence-corrected chi connectivity index (χ3v) is 3.76. The Morgan fingerprint density at radius 1 is 1.42 bits per heavy atom. The predicted octanol–water partition coefficient (Wildman–Crippen LogP) is 2.44. The number of aromatic nitrogens is 3. The molecule has 0 aliphatic carbocycles. The van der Waals surface area contributed by atoms with E-state index in [-0.39, 0.29) is 0 Å². The lowest BCUT2D eigenvalue weighted by atomic mass is 9.96. The smallest absolute Gasteiger partial charge is 0.227 e. The van der Waals surface area contributed by atoms with Crippen LogP contribution in [0.5, 0.6) is 0 Å². The van der Waals surface area contributed by atoms with E-state index in [1.54, 1.807) is 6.20 Å². The minimum Gasteiger partial charge on any atom is -0.339 e. The maximum Gasteiger partial charge on any atom is 0.227 e. The maximum absolute atomic E-state index is 5.31. The van der Waals surface area contributed by atoms with E-state index in [0.717, 1.165) is 29.7 Å². The number of rotatable bonds is 3. The number of nitrogens with one attached hydrogen (secondary N) is 1. The quantitative estimate of drug-likeness (QED) is 0.940. The molecule has 1 fully saturated rings. The molecule has 1 saturated heterocycles. The zero-order chi connectivity index (χ0) is 13.1. The lowest BCUT2D eigenvalue weighted by Gasteiger charge is -2.20. The molecule has 0 aromatic carbocycles. The lowest BCUT2D eigenvalue weighted by molar-refractivity contribution is 0.316. The molecule has 2 aromatic rings. The van der Waals surface area contributed by atoms with Gasteiger partial charge in [-0.15, -0.1) is 0 Å². The van der Waals surface area contributed by atoms with Gasteiger partial charge in [0.25, 0.3) is 0 Å². The van der Waals surface area contributed by atoms with Crippen LogP contribution in [0, 0.1) is 5.92 Å². The van der Waals surface area contributed by atoms with Crippen LogP contribution in [-0.2, 0) is 6.42 Å². The molecule has 1 atom stereocenters. The number of halogens is 1. The van der Waals surface area contributed by atoms with Crippen LogP contribution in [0.1, 0.15) is 18.7 Å². The fourth-order valence-corrected chi connectivity index (χ4v) is 2.53. The van der Waals surface area contributed by atoms with E-state index in [4.69, 9.17) is 4.52 Å². The molecule has 1 aliphatic heterocycles. The molecule has 19 heavy (non-hydrogen) atoms. The van der Waals surface area contributed by atoms with Gasteiger partial charge in [0.2, 0.25) is 11.7 Å². The largest absolute Gasteiger partial charge is 0.339 e.